The maximum atomic E-state index is 13.2. The zero-order valence-electron chi connectivity index (χ0n) is 17.2. The Morgan fingerprint density at radius 3 is 2.40 bits per heavy atom. The van der Waals surface area contributed by atoms with Gasteiger partial charge in [0.25, 0.3) is 5.91 Å². The summed E-state index contributed by atoms with van der Waals surface area (Å²) in [5, 5.41) is 0.632. The predicted molar refractivity (Wildman–Crippen MR) is 116 cm³/mol. The summed E-state index contributed by atoms with van der Waals surface area (Å²) in [6.45, 7) is 4.91. The Balaban J connectivity index is 1.55. The number of rotatable bonds is 2. The molecule has 1 fully saturated rings. The normalized spacial score (nSPS) is 17.5. The molecule has 0 saturated carbocycles. The maximum absolute atomic E-state index is 13.2. The van der Waals surface area contributed by atoms with Gasteiger partial charge >= 0.3 is 0 Å². The molecule has 0 radical (unpaired) electrons. The summed E-state index contributed by atoms with van der Waals surface area (Å²) in [5.41, 5.74) is 2.51. The number of halogens is 2. The first-order chi connectivity index (χ1) is 14.2. The molecule has 0 bridgehead atoms. The molecule has 2 aromatic rings. The monoisotopic (exact) mass is 447 g/mol. The minimum atomic E-state index is -0.579. The Labute approximate surface area is 185 Å². The molecule has 0 unspecified atom stereocenters. The summed E-state index contributed by atoms with van der Waals surface area (Å²) in [5.74, 6) is 0.786. The molecule has 1 amide bonds. The minimum absolute atomic E-state index is 0.0960. The molecule has 1 saturated heterocycles. The van der Waals surface area contributed by atoms with Crippen LogP contribution < -0.4 is 9.47 Å². The number of hydrogen-bond donors (Lipinski definition) is 0. The topological polar surface area (TPSA) is 55.8 Å². The van der Waals surface area contributed by atoms with E-state index in [1.165, 1.54) is 7.11 Å². The number of amides is 1. The van der Waals surface area contributed by atoms with Gasteiger partial charge in [-0.3, -0.25) is 9.59 Å². The summed E-state index contributed by atoms with van der Waals surface area (Å²) in [6, 6.07) is 7.05. The highest BCUT2D eigenvalue weighted by Crippen LogP contribution is 2.41. The Bertz CT molecular complexity index is 1040. The van der Waals surface area contributed by atoms with E-state index in [0.717, 1.165) is 11.1 Å². The average molecular weight is 448 g/mol. The van der Waals surface area contributed by atoms with E-state index in [2.05, 4.69) is 0 Å². The van der Waals surface area contributed by atoms with E-state index in [9.17, 15) is 9.59 Å². The fourth-order valence-corrected chi connectivity index (χ4v) is 4.70. The lowest BCUT2D eigenvalue weighted by atomic mass is 9.81. The summed E-state index contributed by atoms with van der Waals surface area (Å²) < 4.78 is 11.7. The zero-order chi connectivity index (χ0) is 21.6. The van der Waals surface area contributed by atoms with Gasteiger partial charge in [0.1, 0.15) is 16.9 Å². The molecule has 0 aliphatic carbocycles. The van der Waals surface area contributed by atoms with Crippen molar-refractivity contribution in [2.24, 2.45) is 0 Å². The lowest BCUT2D eigenvalue weighted by Crippen LogP contribution is -2.52. The molecular weight excluding hydrogens is 425 g/mol. The fraction of sp³-hybridized carbons (Fsp3) is 0.391. The van der Waals surface area contributed by atoms with Gasteiger partial charge in [0.2, 0.25) is 0 Å². The number of hydrogen-bond acceptors (Lipinski definition) is 4. The van der Waals surface area contributed by atoms with Gasteiger partial charge in [0.15, 0.2) is 11.5 Å². The molecule has 2 aliphatic heterocycles. The number of Topliss-reactive ketones (excluding diaryl/α,β-unsaturated/α-hetero) is 1. The lowest BCUT2D eigenvalue weighted by molar-refractivity contribution is -0.00579. The Morgan fingerprint density at radius 1 is 1.10 bits per heavy atom. The van der Waals surface area contributed by atoms with Crippen molar-refractivity contribution in [3.05, 3.63) is 56.6 Å². The van der Waals surface area contributed by atoms with E-state index in [4.69, 9.17) is 32.7 Å². The number of benzene rings is 2. The highest BCUT2D eigenvalue weighted by molar-refractivity contribution is 6.37. The number of carbonyl (C=O) groups is 2. The van der Waals surface area contributed by atoms with Gasteiger partial charge in [-0.25, -0.2) is 0 Å². The standard InChI is InChI=1S/C23H23Cl2NO4/c1-13-10-15-18(27)12-23(30-19(15)11-14(13)2)6-8-26(9-7-23)22(28)20-16(24)4-5-17(25)21(20)29-3/h4-5,10-11H,6-9,12H2,1-3H3. The third-order valence-electron chi connectivity index (χ3n) is 6.14. The Hall–Kier alpha value is -2.24. The quantitative estimate of drug-likeness (QED) is 0.629. The summed E-state index contributed by atoms with van der Waals surface area (Å²) >= 11 is 12.5. The molecule has 158 valence electrons. The van der Waals surface area contributed by atoms with Crippen LogP contribution in [0.15, 0.2) is 24.3 Å². The first kappa shape index (κ1) is 21.0. The second-order valence-corrected chi connectivity index (χ2v) is 8.86. The average Bonchev–Trinajstić information content (AvgIpc) is 2.71. The number of nitrogens with zero attached hydrogens (tertiary/aromatic N) is 1. The van der Waals surface area contributed by atoms with Gasteiger partial charge < -0.3 is 14.4 Å². The smallest absolute Gasteiger partial charge is 0.259 e. The molecule has 1 spiro atoms. The van der Waals surface area contributed by atoms with Crippen LogP contribution in [-0.4, -0.2) is 42.4 Å². The van der Waals surface area contributed by atoms with Crippen LogP contribution in [0.3, 0.4) is 0 Å². The van der Waals surface area contributed by atoms with Crippen LogP contribution in [0.1, 0.15) is 51.1 Å². The molecule has 0 N–H and O–H groups in total. The number of ether oxygens (including phenoxy) is 2. The lowest BCUT2D eigenvalue weighted by Gasteiger charge is -2.44. The number of piperidine rings is 1. The molecule has 0 atom stereocenters. The molecule has 30 heavy (non-hydrogen) atoms. The summed E-state index contributed by atoms with van der Waals surface area (Å²) in [7, 11) is 1.46. The van der Waals surface area contributed by atoms with E-state index in [0.29, 0.717) is 53.7 Å². The molecule has 4 rings (SSSR count). The van der Waals surface area contributed by atoms with E-state index in [1.807, 2.05) is 26.0 Å². The van der Waals surface area contributed by atoms with Crippen molar-refractivity contribution in [3.63, 3.8) is 0 Å². The second-order valence-electron chi connectivity index (χ2n) is 8.05. The van der Waals surface area contributed by atoms with E-state index < -0.39 is 5.60 Å². The molecule has 7 heteroatoms. The van der Waals surface area contributed by atoms with Crippen LogP contribution in [0, 0.1) is 13.8 Å². The largest absolute Gasteiger partial charge is 0.494 e. The highest BCUT2D eigenvalue weighted by atomic mass is 35.5. The SMILES string of the molecule is COc1c(Cl)ccc(Cl)c1C(=O)N1CCC2(CC1)CC(=O)c1cc(C)c(C)cc1O2. The third-order valence-corrected chi connectivity index (χ3v) is 6.76. The van der Waals surface area contributed by atoms with Gasteiger partial charge in [-0.15, -0.1) is 0 Å². The molecule has 0 aromatic heterocycles. The fourth-order valence-electron chi connectivity index (χ4n) is 4.24. The molecular formula is C23H23Cl2NO4. The maximum Gasteiger partial charge on any atom is 0.259 e. The number of methoxy groups -OCH3 is 1. The number of aryl methyl sites for hydroxylation is 2. The van der Waals surface area contributed by atoms with Crippen molar-refractivity contribution in [3.8, 4) is 11.5 Å². The van der Waals surface area contributed by atoms with Crippen LogP contribution in [0.25, 0.3) is 0 Å². The van der Waals surface area contributed by atoms with E-state index in [-0.39, 0.29) is 23.0 Å². The van der Waals surface area contributed by atoms with E-state index >= 15 is 0 Å². The Morgan fingerprint density at radius 2 is 1.73 bits per heavy atom. The van der Waals surface area contributed by atoms with Crippen molar-refractivity contribution in [2.45, 2.75) is 38.7 Å². The minimum Gasteiger partial charge on any atom is -0.494 e. The van der Waals surface area contributed by atoms with Crippen LogP contribution in [0.5, 0.6) is 11.5 Å². The van der Waals surface area contributed by atoms with Crippen molar-refractivity contribution in [1.29, 1.82) is 0 Å². The van der Waals surface area contributed by atoms with Gasteiger partial charge in [0, 0.05) is 25.9 Å². The van der Waals surface area contributed by atoms with Crippen molar-refractivity contribution < 1.29 is 19.1 Å². The van der Waals surface area contributed by atoms with Crippen molar-refractivity contribution in [2.75, 3.05) is 20.2 Å². The van der Waals surface area contributed by atoms with Crippen molar-refractivity contribution >= 4 is 34.9 Å². The van der Waals surface area contributed by atoms with Crippen LogP contribution in [-0.2, 0) is 0 Å². The van der Waals surface area contributed by atoms with Gasteiger partial charge in [0.05, 0.1) is 29.1 Å². The number of likely N-dealkylation sites (tertiary alicyclic amines) is 1. The molecule has 5 nitrogen and oxygen atoms in total. The Kier molecular flexibility index (Phi) is 5.45. The first-order valence-electron chi connectivity index (χ1n) is 9.89. The second kappa shape index (κ2) is 7.78. The van der Waals surface area contributed by atoms with Crippen LogP contribution in [0.4, 0.5) is 0 Å². The van der Waals surface area contributed by atoms with Gasteiger partial charge in [-0.1, -0.05) is 23.2 Å². The van der Waals surface area contributed by atoms with Crippen LogP contribution in [0.2, 0.25) is 10.0 Å². The van der Waals surface area contributed by atoms with Gasteiger partial charge in [-0.05, 0) is 49.2 Å². The number of ketones is 1. The van der Waals surface area contributed by atoms with Gasteiger partial charge in [-0.2, -0.15) is 0 Å². The molecule has 2 heterocycles. The highest BCUT2D eigenvalue weighted by Gasteiger charge is 2.44. The molecule has 2 aliphatic rings. The van der Waals surface area contributed by atoms with Crippen molar-refractivity contribution in [1.82, 2.24) is 4.90 Å². The first-order valence-corrected chi connectivity index (χ1v) is 10.6. The van der Waals surface area contributed by atoms with E-state index in [1.54, 1.807) is 17.0 Å². The van der Waals surface area contributed by atoms with Crippen LogP contribution >= 0.6 is 23.2 Å². The molecule has 2 aromatic carbocycles. The predicted octanol–water partition coefficient (Wildman–Crippen LogP) is 5.26. The number of fused-ring (bicyclic) bond motifs is 1. The third kappa shape index (κ3) is 3.54. The number of carbonyl (C=O) groups excluding carboxylic acids is 2. The summed E-state index contributed by atoms with van der Waals surface area (Å²) in [4.78, 5) is 27.7. The summed E-state index contributed by atoms with van der Waals surface area (Å²) in [6.07, 6.45) is 1.46. The zero-order valence-corrected chi connectivity index (χ0v) is 18.7.